The molecule has 43 heavy (non-hydrogen) atoms. The monoisotopic (exact) mass is 659 g/mol. The van der Waals surface area contributed by atoms with E-state index in [1.807, 2.05) is 4.90 Å². The van der Waals surface area contributed by atoms with Crippen LogP contribution in [0, 0.1) is 5.82 Å². The van der Waals surface area contributed by atoms with Crippen LogP contribution in [0.15, 0.2) is 28.7 Å². The summed E-state index contributed by atoms with van der Waals surface area (Å²) in [5.41, 5.74) is 1.01. The number of β-amino-alcohol motifs (C(OH)–C–C–N with tert-alkyl or cyclic N) is 1. The summed E-state index contributed by atoms with van der Waals surface area (Å²) in [4.78, 5) is 16.1. The fourth-order valence-corrected chi connectivity index (χ4v) is 7.92. The molecule has 3 fully saturated rings. The maximum atomic E-state index is 14.6. The molecule has 2 N–H and O–H groups in total. The molecule has 5 heterocycles. The van der Waals surface area contributed by atoms with E-state index < -0.39 is 11.8 Å². The van der Waals surface area contributed by atoms with Crippen molar-refractivity contribution in [1.29, 1.82) is 0 Å². The Balaban J connectivity index is 1.26. The van der Waals surface area contributed by atoms with Gasteiger partial charge in [0.1, 0.15) is 35.8 Å². The number of aromatic hydroxyl groups is 1. The molecule has 0 radical (unpaired) electrons. The molecule has 7 rings (SSSR count). The second-order valence-electron chi connectivity index (χ2n) is 12.7. The van der Waals surface area contributed by atoms with Gasteiger partial charge in [-0.25, -0.2) is 8.78 Å². The molecule has 0 saturated carbocycles. The van der Waals surface area contributed by atoms with Crippen LogP contribution in [0.3, 0.4) is 0 Å². The number of fused-ring (bicyclic) bond motifs is 3. The first-order valence-corrected chi connectivity index (χ1v) is 15.7. The number of nitrogens with zero attached hydrogens (tertiary/aromatic N) is 5. The summed E-state index contributed by atoms with van der Waals surface area (Å²) >= 11 is 3.42. The maximum Gasteiger partial charge on any atom is 0.318 e. The van der Waals surface area contributed by atoms with Crippen LogP contribution in [0.5, 0.6) is 11.8 Å². The van der Waals surface area contributed by atoms with Crippen molar-refractivity contribution in [2.45, 2.75) is 56.5 Å². The number of benzene rings is 2. The molecule has 0 amide bonds. The van der Waals surface area contributed by atoms with E-state index in [4.69, 9.17) is 19.4 Å². The SMILES string of the molecule is CC1(O)COCCN(c2nc(OCC34CCCN3CC(F)C4)nc3c2CCN(c2cc(O)cc4ccc(F)c(Br)c24)C3)C1. The molecule has 3 saturated heterocycles. The van der Waals surface area contributed by atoms with Crippen LogP contribution >= 0.6 is 15.9 Å². The number of ether oxygens (including phenoxy) is 2. The lowest BCUT2D eigenvalue weighted by atomic mass is 9.95. The fraction of sp³-hybridized carbons (Fsp3) is 0.548. The molecule has 4 aliphatic heterocycles. The number of phenolic OH excluding ortho intramolecular Hbond substituents is 1. The number of halogens is 3. The molecule has 0 spiro atoms. The van der Waals surface area contributed by atoms with E-state index in [2.05, 4.69) is 25.7 Å². The van der Waals surface area contributed by atoms with Gasteiger partial charge in [-0.15, -0.1) is 0 Å². The Hall–Kier alpha value is -2.80. The van der Waals surface area contributed by atoms with Gasteiger partial charge in [0, 0.05) is 48.8 Å². The number of aliphatic hydroxyl groups is 1. The molecule has 0 bridgehead atoms. The number of phenols is 1. The fourth-order valence-electron chi connectivity index (χ4n) is 7.36. The average molecular weight is 661 g/mol. The highest BCUT2D eigenvalue weighted by molar-refractivity contribution is 9.10. The number of hydrogen-bond donors (Lipinski definition) is 2. The zero-order valence-corrected chi connectivity index (χ0v) is 25.7. The molecule has 4 aliphatic rings. The van der Waals surface area contributed by atoms with Crippen LogP contribution in [0.25, 0.3) is 10.8 Å². The third kappa shape index (κ3) is 5.40. The molecule has 3 unspecified atom stereocenters. The first-order valence-electron chi connectivity index (χ1n) is 14.9. The third-order valence-corrected chi connectivity index (χ3v) is 10.1. The van der Waals surface area contributed by atoms with E-state index in [9.17, 15) is 19.0 Å². The van der Waals surface area contributed by atoms with Gasteiger partial charge in [0.15, 0.2) is 0 Å². The largest absolute Gasteiger partial charge is 0.508 e. The molecule has 3 atom stereocenters. The Morgan fingerprint density at radius 2 is 2.05 bits per heavy atom. The minimum Gasteiger partial charge on any atom is -0.508 e. The van der Waals surface area contributed by atoms with Crippen LogP contribution in [0.4, 0.5) is 20.3 Å². The predicted molar refractivity (Wildman–Crippen MR) is 162 cm³/mol. The minimum atomic E-state index is -1.06. The lowest BCUT2D eigenvalue weighted by molar-refractivity contribution is -0.0123. The van der Waals surface area contributed by atoms with Crippen molar-refractivity contribution in [3.63, 3.8) is 0 Å². The molecular weight excluding hydrogens is 624 g/mol. The second kappa shape index (κ2) is 11.0. The van der Waals surface area contributed by atoms with Crippen molar-refractivity contribution in [3.05, 3.63) is 45.8 Å². The highest BCUT2D eigenvalue weighted by atomic mass is 79.9. The third-order valence-electron chi connectivity index (χ3n) is 9.32. The summed E-state index contributed by atoms with van der Waals surface area (Å²) in [5, 5.41) is 22.9. The minimum absolute atomic E-state index is 0.0918. The Kier molecular flexibility index (Phi) is 7.39. The second-order valence-corrected chi connectivity index (χ2v) is 13.5. The first-order chi connectivity index (χ1) is 20.6. The molecule has 12 heteroatoms. The topological polar surface area (TPSA) is 94.4 Å². The zero-order chi connectivity index (χ0) is 29.9. The highest BCUT2D eigenvalue weighted by Crippen LogP contribution is 2.42. The normalized spacial score (nSPS) is 27.8. The smallest absolute Gasteiger partial charge is 0.318 e. The van der Waals surface area contributed by atoms with E-state index in [0.717, 1.165) is 36.0 Å². The lowest BCUT2D eigenvalue weighted by Gasteiger charge is -2.35. The number of aromatic nitrogens is 2. The van der Waals surface area contributed by atoms with Gasteiger partial charge < -0.3 is 29.5 Å². The summed E-state index contributed by atoms with van der Waals surface area (Å²) in [6, 6.07) is 6.54. The maximum absolute atomic E-state index is 14.6. The molecule has 3 aromatic rings. The van der Waals surface area contributed by atoms with Crippen molar-refractivity contribution in [1.82, 2.24) is 14.9 Å². The predicted octanol–water partition coefficient (Wildman–Crippen LogP) is 4.34. The molecule has 230 valence electrons. The summed E-state index contributed by atoms with van der Waals surface area (Å²) in [5.74, 6) is 0.415. The van der Waals surface area contributed by atoms with Gasteiger partial charge in [0.25, 0.3) is 0 Å². The summed E-state index contributed by atoms with van der Waals surface area (Å²) in [6.07, 6.45) is 2.06. The zero-order valence-electron chi connectivity index (χ0n) is 24.2. The standard InChI is InChI=1S/C31H36BrF2N5O4/c1-30(41)16-38(9-10-42-17-30)28-22-5-8-37(25-12-21(40)11-19-3-4-23(34)27(32)26(19)25)15-24(22)35-29(36-28)43-18-31-6-2-7-39(31)14-20(33)13-31/h3-4,11-12,20,40-41H,2,5-10,13-18H2,1H3. The number of hydrogen-bond acceptors (Lipinski definition) is 9. The van der Waals surface area contributed by atoms with E-state index in [1.54, 1.807) is 25.1 Å². The van der Waals surface area contributed by atoms with Crippen molar-refractivity contribution >= 4 is 38.2 Å². The molecule has 9 nitrogen and oxygen atoms in total. The summed E-state index contributed by atoms with van der Waals surface area (Å²) in [7, 11) is 0. The van der Waals surface area contributed by atoms with Gasteiger partial charge in [-0.05, 0) is 66.2 Å². The van der Waals surface area contributed by atoms with Crippen LogP contribution in [0.2, 0.25) is 0 Å². The Labute approximate surface area is 257 Å². The van der Waals surface area contributed by atoms with Crippen molar-refractivity contribution in [3.8, 4) is 11.8 Å². The first kappa shape index (κ1) is 28.9. The van der Waals surface area contributed by atoms with Crippen LogP contribution in [0.1, 0.15) is 37.4 Å². The van der Waals surface area contributed by atoms with Crippen LogP contribution in [-0.2, 0) is 17.7 Å². The van der Waals surface area contributed by atoms with E-state index in [1.165, 1.54) is 6.07 Å². The number of anilines is 2. The lowest BCUT2D eigenvalue weighted by Crippen LogP contribution is -2.44. The van der Waals surface area contributed by atoms with Gasteiger partial charge >= 0.3 is 6.01 Å². The summed E-state index contributed by atoms with van der Waals surface area (Å²) < 4.78 is 41.4. The van der Waals surface area contributed by atoms with Gasteiger partial charge in [-0.3, -0.25) is 4.90 Å². The van der Waals surface area contributed by atoms with E-state index >= 15 is 0 Å². The molecular formula is C31H36BrF2N5O4. The average Bonchev–Trinajstić information content (AvgIpc) is 3.43. The Morgan fingerprint density at radius 3 is 2.91 bits per heavy atom. The van der Waals surface area contributed by atoms with Crippen molar-refractivity contribution < 1.29 is 28.5 Å². The molecule has 2 aromatic carbocycles. The summed E-state index contributed by atoms with van der Waals surface area (Å²) in [6.45, 7) is 5.89. The number of rotatable bonds is 5. The van der Waals surface area contributed by atoms with Gasteiger partial charge in [-0.2, -0.15) is 9.97 Å². The van der Waals surface area contributed by atoms with Crippen molar-refractivity contribution in [2.24, 2.45) is 0 Å². The molecule has 0 aliphatic carbocycles. The molecule has 1 aromatic heterocycles. The highest BCUT2D eigenvalue weighted by Gasteiger charge is 2.49. The van der Waals surface area contributed by atoms with E-state index in [-0.39, 0.29) is 29.7 Å². The van der Waals surface area contributed by atoms with Gasteiger partial charge in [0.05, 0.1) is 42.0 Å². The van der Waals surface area contributed by atoms with Gasteiger partial charge in [-0.1, -0.05) is 6.07 Å². The Bertz CT molecular complexity index is 1560. The number of alkyl halides is 1. The van der Waals surface area contributed by atoms with Crippen LogP contribution in [-0.4, -0.2) is 94.9 Å². The van der Waals surface area contributed by atoms with Gasteiger partial charge in [0.2, 0.25) is 0 Å². The van der Waals surface area contributed by atoms with Crippen molar-refractivity contribution in [2.75, 3.05) is 62.3 Å². The van der Waals surface area contributed by atoms with E-state index in [0.29, 0.717) is 80.1 Å². The Morgan fingerprint density at radius 1 is 1.19 bits per heavy atom. The van der Waals surface area contributed by atoms with Crippen LogP contribution < -0.4 is 14.5 Å². The quantitative estimate of drug-likeness (QED) is 0.415.